The molecular formula is C12H13ClN4O2. The number of aromatic nitrogens is 2. The van der Waals surface area contributed by atoms with E-state index in [1.54, 1.807) is 18.2 Å². The van der Waals surface area contributed by atoms with E-state index in [-0.39, 0.29) is 12.6 Å². The Morgan fingerprint density at radius 3 is 2.89 bits per heavy atom. The number of halogens is 1. The fourth-order valence-electron chi connectivity index (χ4n) is 1.53. The lowest BCUT2D eigenvalue weighted by Gasteiger charge is -2.10. The molecule has 0 fully saturated rings. The van der Waals surface area contributed by atoms with Crippen LogP contribution in [0.25, 0.3) is 0 Å². The summed E-state index contributed by atoms with van der Waals surface area (Å²) in [6.07, 6.45) is 0. The number of benzene rings is 1. The number of nitrogens with zero attached hydrogens (tertiary/aromatic N) is 2. The van der Waals surface area contributed by atoms with Crippen LogP contribution in [0.5, 0.6) is 5.75 Å². The van der Waals surface area contributed by atoms with E-state index < -0.39 is 5.56 Å². The molecule has 2 aromatic rings. The number of ether oxygens (including phenoxy) is 1. The van der Waals surface area contributed by atoms with Crippen LogP contribution in [0.3, 0.4) is 0 Å². The third-order valence-corrected chi connectivity index (χ3v) is 3.04. The van der Waals surface area contributed by atoms with E-state index in [1.165, 1.54) is 6.07 Å². The highest BCUT2D eigenvalue weighted by Crippen LogP contribution is 2.25. The molecule has 19 heavy (non-hydrogen) atoms. The van der Waals surface area contributed by atoms with Crippen LogP contribution in [0.15, 0.2) is 29.1 Å². The second-order valence-electron chi connectivity index (χ2n) is 3.97. The monoisotopic (exact) mass is 280 g/mol. The summed E-state index contributed by atoms with van der Waals surface area (Å²) in [6, 6.07) is 6.62. The van der Waals surface area contributed by atoms with E-state index in [1.807, 2.05) is 6.92 Å². The molecule has 100 valence electrons. The van der Waals surface area contributed by atoms with Gasteiger partial charge in [-0.2, -0.15) is 4.68 Å². The van der Waals surface area contributed by atoms with Gasteiger partial charge in [0, 0.05) is 16.7 Å². The van der Waals surface area contributed by atoms with Crippen molar-refractivity contribution in [3.8, 4) is 5.75 Å². The maximum absolute atomic E-state index is 11.4. The quantitative estimate of drug-likeness (QED) is 0.820. The fourth-order valence-corrected chi connectivity index (χ4v) is 1.69. The molecule has 0 saturated heterocycles. The maximum atomic E-state index is 11.4. The second-order valence-corrected chi connectivity index (χ2v) is 4.37. The number of rotatable bonds is 3. The van der Waals surface area contributed by atoms with Gasteiger partial charge in [0.25, 0.3) is 5.56 Å². The van der Waals surface area contributed by atoms with Crippen LogP contribution in [0.2, 0.25) is 5.02 Å². The molecule has 1 aromatic carbocycles. The molecule has 0 radical (unpaired) electrons. The number of nitrogen functional groups attached to an aromatic ring is 2. The first-order valence-electron chi connectivity index (χ1n) is 5.50. The molecule has 0 aliphatic heterocycles. The van der Waals surface area contributed by atoms with Crippen molar-refractivity contribution in [3.63, 3.8) is 0 Å². The minimum absolute atomic E-state index is 0.0612. The van der Waals surface area contributed by atoms with Crippen molar-refractivity contribution in [2.45, 2.75) is 13.5 Å². The zero-order valence-electron chi connectivity index (χ0n) is 10.3. The zero-order chi connectivity index (χ0) is 14.0. The minimum atomic E-state index is -0.436. The van der Waals surface area contributed by atoms with Gasteiger partial charge in [0.15, 0.2) is 0 Å². The third-order valence-electron chi connectivity index (χ3n) is 2.63. The van der Waals surface area contributed by atoms with Gasteiger partial charge >= 0.3 is 0 Å². The lowest BCUT2D eigenvalue weighted by molar-refractivity contribution is 0.299. The van der Waals surface area contributed by atoms with E-state index >= 15 is 0 Å². The molecule has 6 nitrogen and oxygen atoms in total. The lowest BCUT2D eigenvalue weighted by Crippen LogP contribution is -2.31. The molecule has 0 spiro atoms. The molecule has 7 heteroatoms. The Morgan fingerprint density at radius 2 is 2.21 bits per heavy atom. The van der Waals surface area contributed by atoms with Crippen LogP contribution in [0, 0.1) is 6.92 Å². The van der Waals surface area contributed by atoms with E-state index in [2.05, 4.69) is 4.98 Å². The number of hydrogen-bond donors (Lipinski definition) is 2. The van der Waals surface area contributed by atoms with Crippen molar-refractivity contribution >= 4 is 17.5 Å². The molecular weight excluding hydrogens is 268 g/mol. The molecule has 0 bridgehead atoms. The molecule has 0 unspecified atom stereocenters. The Bertz CT molecular complexity index is 669. The molecule has 1 heterocycles. The summed E-state index contributed by atoms with van der Waals surface area (Å²) in [5, 5.41) is 0.613. The van der Waals surface area contributed by atoms with Crippen LogP contribution in [0.1, 0.15) is 11.3 Å². The summed E-state index contributed by atoms with van der Waals surface area (Å²) in [4.78, 5) is 15.4. The number of nitrogens with two attached hydrogens (primary N) is 2. The molecule has 0 saturated carbocycles. The molecule has 0 aliphatic rings. The Hall–Kier alpha value is -2.21. The third kappa shape index (κ3) is 2.79. The summed E-state index contributed by atoms with van der Waals surface area (Å²) in [6.45, 7) is 1.96. The molecule has 0 amide bonds. The van der Waals surface area contributed by atoms with Crippen LogP contribution < -0.4 is 21.9 Å². The van der Waals surface area contributed by atoms with Crippen molar-refractivity contribution in [2.24, 2.45) is 0 Å². The van der Waals surface area contributed by atoms with E-state index in [0.717, 1.165) is 10.2 Å². The topological polar surface area (TPSA) is 96.2 Å². The maximum Gasteiger partial charge on any atom is 0.273 e. The van der Waals surface area contributed by atoms with Crippen LogP contribution >= 0.6 is 11.6 Å². The molecule has 0 aliphatic carbocycles. The van der Waals surface area contributed by atoms with Crippen LogP contribution in [-0.2, 0) is 6.61 Å². The first-order valence-corrected chi connectivity index (χ1v) is 5.88. The first-order chi connectivity index (χ1) is 8.99. The highest BCUT2D eigenvalue weighted by Gasteiger charge is 2.06. The normalized spacial score (nSPS) is 10.4. The van der Waals surface area contributed by atoms with Gasteiger partial charge in [-0.3, -0.25) is 4.79 Å². The van der Waals surface area contributed by atoms with Crippen molar-refractivity contribution in [1.82, 2.24) is 9.66 Å². The average molecular weight is 281 g/mol. The van der Waals surface area contributed by atoms with Crippen LogP contribution in [0.4, 0.5) is 5.95 Å². The van der Waals surface area contributed by atoms with Gasteiger partial charge in [-0.05, 0) is 19.1 Å². The Labute approximate surface area is 114 Å². The summed E-state index contributed by atoms with van der Waals surface area (Å²) in [5.74, 6) is 5.93. The summed E-state index contributed by atoms with van der Waals surface area (Å²) < 4.78 is 6.33. The molecule has 0 atom stereocenters. The summed E-state index contributed by atoms with van der Waals surface area (Å²) in [5.41, 5.74) is 6.29. The summed E-state index contributed by atoms with van der Waals surface area (Å²) in [7, 11) is 0. The van der Waals surface area contributed by atoms with Crippen molar-refractivity contribution in [2.75, 3.05) is 11.6 Å². The van der Waals surface area contributed by atoms with Gasteiger partial charge in [-0.25, -0.2) is 4.98 Å². The van der Waals surface area contributed by atoms with Gasteiger partial charge in [0.05, 0.1) is 5.69 Å². The predicted molar refractivity (Wildman–Crippen MR) is 73.6 cm³/mol. The van der Waals surface area contributed by atoms with Crippen molar-refractivity contribution in [1.29, 1.82) is 0 Å². The molecule has 1 aromatic heterocycles. The van der Waals surface area contributed by atoms with Gasteiger partial charge in [-0.15, -0.1) is 0 Å². The molecule has 2 rings (SSSR count). The SMILES string of the molecule is Cc1c(Cl)cccc1OCc1cc(=O)n(N)c(N)n1. The van der Waals surface area contributed by atoms with E-state index in [9.17, 15) is 4.79 Å². The highest BCUT2D eigenvalue weighted by molar-refractivity contribution is 6.31. The lowest BCUT2D eigenvalue weighted by atomic mass is 10.2. The van der Waals surface area contributed by atoms with E-state index in [4.69, 9.17) is 27.9 Å². The van der Waals surface area contributed by atoms with Crippen LogP contribution in [-0.4, -0.2) is 9.66 Å². The largest absolute Gasteiger partial charge is 0.487 e. The molecule has 4 N–H and O–H groups in total. The van der Waals surface area contributed by atoms with Gasteiger partial charge in [0.2, 0.25) is 5.95 Å². The second kappa shape index (κ2) is 5.19. The Balaban J connectivity index is 2.19. The van der Waals surface area contributed by atoms with Gasteiger partial charge in [-0.1, -0.05) is 17.7 Å². The standard InChI is InChI=1S/C12H13ClN4O2/c1-7-9(13)3-2-4-10(7)19-6-8-5-11(18)17(15)12(14)16-8/h2-5H,6,15H2,1H3,(H2,14,16). The Morgan fingerprint density at radius 1 is 1.47 bits per heavy atom. The first kappa shape index (κ1) is 13.2. The van der Waals surface area contributed by atoms with E-state index in [0.29, 0.717) is 16.5 Å². The number of anilines is 1. The zero-order valence-corrected chi connectivity index (χ0v) is 11.0. The highest BCUT2D eigenvalue weighted by atomic mass is 35.5. The number of hydrogen-bond acceptors (Lipinski definition) is 5. The Kier molecular flexibility index (Phi) is 3.62. The smallest absolute Gasteiger partial charge is 0.273 e. The average Bonchev–Trinajstić information content (AvgIpc) is 2.37. The fraction of sp³-hybridized carbons (Fsp3) is 0.167. The minimum Gasteiger partial charge on any atom is -0.487 e. The van der Waals surface area contributed by atoms with Gasteiger partial charge < -0.3 is 16.3 Å². The van der Waals surface area contributed by atoms with Gasteiger partial charge in [0.1, 0.15) is 12.4 Å². The van der Waals surface area contributed by atoms with Crippen molar-refractivity contribution < 1.29 is 4.74 Å². The predicted octanol–water partition coefficient (Wildman–Crippen LogP) is 1.08. The van der Waals surface area contributed by atoms with Crippen molar-refractivity contribution in [3.05, 3.63) is 50.9 Å². The summed E-state index contributed by atoms with van der Waals surface area (Å²) >= 11 is 5.98.